The lowest BCUT2D eigenvalue weighted by Gasteiger charge is -2.19. The second-order valence-corrected chi connectivity index (χ2v) is 4.52. The zero-order valence-electron chi connectivity index (χ0n) is 8.79. The van der Waals surface area contributed by atoms with Crippen molar-refractivity contribution in [2.75, 3.05) is 5.32 Å². The van der Waals surface area contributed by atoms with Crippen molar-refractivity contribution in [1.29, 1.82) is 0 Å². The number of furan rings is 1. The molecule has 1 heterocycles. The topological polar surface area (TPSA) is 25.2 Å². The lowest BCUT2D eigenvalue weighted by molar-refractivity contribution is 0.565. The van der Waals surface area contributed by atoms with Gasteiger partial charge in [0.25, 0.3) is 0 Å². The molecular weight excluding hydrogens is 174 g/mol. The van der Waals surface area contributed by atoms with E-state index in [1.807, 2.05) is 30.3 Å². The smallest absolute Gasteiger partial charge is 0.194 e. The summed E-state index contributed by atoms with van der Waals surface area (Å²) in [7, 11) is 0. The summed E-state index contributed by atoms with van der Waals surface area (Å²) in [6.07, 6.45) is 0. The van der Waals surface area contributed by atoms with Crippen molar-refractivity contribution in [2.24, 2.45) is 0 Å². The van der Waals surface area contributed by atoms with Crippen LogP contribution in [0.2, 0.25) is 0 Å². The van der Waals surface area contributed by atoms with E-state index >= 15 is 0 Å². The Kier molecular flexibility index (Phi) is 1.99. The fraction of sp³-hybridized carbons (Fsp3) is 0.333. The van der Waals surface area contributed by atoms with Crippen LogP contribution in [0.5, 0.6) is 0 Å². The molecule has 74 valence electrons. The summed E-state index contributed by atoms with van der Waals surface area (Å²) in [6.45, 7) is 6.33. The zero-order valence-corrected chi connectivity index (χ0v) is 8.79. The Morgan fingerprint density at radius 1 is 1.14 bits per heavy atom. The SMILES string of the molecule is CC(C)(C)Nc1cc2ccccc2o1. The van der Waals surface area contributed by atoms with Gasteiger partial charge < -0.3 is 9.73 Å². The van der Waals surface area contributed by atoms with E-state index in [-0.39, 0.29) is 5.54 Å². The second kappa shape index (κ2) is 3.05. The normalized spacial score (nSPS) is 11.9. The maximum atomic E-state index is 5.63. The maximum Gasteiger partial charge on any atom is 0.194 e. The third kappa shape index (κ3) is 1.90. The molecule has 0 saturated carbocycles. The molecular formula is C12H15NO. The Bertz CT molecular complexity index is 404. The third-order valence-electron chi connectivity index (χ3n) is 1.92. The average molecular weight is 189 g/mol. The van der Waals surface area contributed by atoms with Gasteiger partial charge in [0.05, 0.1) is 0 Å². The molecule has 0 amide bonds. The largest absolute Gasteiger partial charge is 0.441 e. The molecule has 1 aromatic carbocycles. The number of para-hydroxylation sites is 1. The van der Waals surface area contributed by atoms with Crippen LogP contribution < -0.4 is 5.32 Å². The molecule has 0 aliphatic carbocycles. The van der Waals surface area contributed by atoms with E-state index in [2.05, 4.69) is 26.1 Å². The van der Waals surface area contributed by atoms with Crippen molar-refractivity contribution < 1.29 is 4.42 Å². The van der Waals surface area contributed by atoms with Crippen LogP contribution >= 0.6 is 0 Å². The highest BCUT2D eigenvalue weighted by Gasteiger charge is 2.12. The fourth-order valence-electron chi connectivity index (χ4n) is 1.41. The van der Waals surface area contributed by atoms with Gasteiger partial charge in [0.1, 0.15) is 5.58 Å². The Morgan fingerprint density at radius 3 is 2.50 bits per heavy atom. The van der Waals surface area contributed by atoms with Crippen LogP contribution in [-0.4, -0.2) is 5.54 Å². The predicted molar refractivity (Wildman–Crippen MR) is 59.6 cm³/mol. The molecule has 2 nitrogen and oxygen atoms in total. The molecule has 14 heavy (non-hydrogen) atoms. The third-order valence-corrected chi connectivity index (χ3v) is 1.92. The molecule has 0 bridgehead atoms. The minimum absolute atomic E-state index is 0.0356. The number of benzene rings is 1. The van der Waals surface area contributed by atoms with E-state index in [1.54, 1.807) is 0 Å². The summed E-state index contributed by atoms with van der Waals surface area (Å²) in [6, 6.07) is 10.0. The van der Waals surface area contributed by atoms with Gasteiger partial charge in [0.2, 0.25) is 0 Å². The van der Waals surface area contributed by atoms with Crippen molar-refractivity contribution in [1.82, 2.24) is 0 Å². The van der Waals surface area contributed by atoms with Gasteiger partial charge in [0.15, 0.2) is 5.88 Å². The van der Waals surface area contributed by atoms with E-state index < -0.39 is 0 Å². The van der Waals surface area contributed by atoms with Crippen molar-refractivity contribution in [3.63, 3.8) is 0 Å². The molecule has 0 fully saturated rings. The summed E-state index contributed by atoms with van der Waals surface area (Å²) in [5.41, 5.74) is 0.965. The minimum atomic E-state index is 0.0356. The summed E-state index contributed by atoms with van der Waals surface area (Å²) >= 11 is 0. The van der Waals surface area contributed by atoms with Gasteiger partial charge in [-0.15, -0.1) is 0 Å². The van der Waals surface area contributed by atoms with Gasteiger partial charge in [-0.3, -0.25) is 0 Å². The maximum absolute atomic E-state index is 5.63. The standard InChI is InChI=1S/C12H15NO/c1-12(2,3)13-11-8-9-6-4-5-7-10(9)14-11/h4-8,13H,1-3H3. The number of rotatable bonds is 1. The summed E-state index contributed by atoms with van der Waals surface area (Å²) in [5.74, 6) is 0.832. The van der Waals surface area contributed by atoms with Crippen molar-refractivity contribution in [3.05, 3.63) is 30.3 Å². The predicted octanol–water partition coefficient (Wildman–Crippen LogP) is 3.64. The van der Waals surface area contributed by atoms with Crippen LogP contribution in [-0.2, 0) is 0 Å². The first-order valence-electron chi connectivity index (χ1n) is 4.81. The first-order valence-corrected chi connectivity index (χ1v) is 4.81. The van der Waals surface area contributed by atoms with Gasteiger partial charge in [-0.25, -0.2) is 0 Å². The first-order chi connectivity index (χ1) is 6.54. The molecule has 0 radical (unpaired) electrons. The molecule has 0 unspecified atom stereocenters. The molecule has 0 aliphatic rings. The highest BCUT2D eigenvalue weighted by molar-refractivity contribution is 5.80. The number of hydrogen-bond donors (Lipinski definition) is 1. The van der Waals surface area contributed by atoms with Crippen LogP contribution in [0.4, 0.5) is 5.88 Å². The van der Waals surface area contributed by atoms with Gasteiger partial charge >= 0.3 is 0 Å². The van der Waals surface area contributed by atoms with Crippen LogP contribution in [0.15, 0.2) is 34.7 Å². The van der Waals surface area contributed by atoms with Gasteiger partial charge in [0, 0.05) is 17.0 Å². The Labute approximate surface area is 83.9 Å². The van der Waals surface area contributed by atoms with E-state index in [0.29, 0.717) is 0 Å². The summed E-state index contributed by atoms with van der Waals surface area (Å²) in [4.78, 5) is 0. The van der Waals surface area contributed by atoms with Gasteiger partial charge in [-0.1, -0.05) is 18.2 Å². The highest BCUT2D eigenvalue weighted by atomic mass is 16.3. The van der Waals surface area contributed by atoms with Gasteiger partial charge in [-0.2, -0.15) is 0 Å². The summed E-state index contributed by atoms with van der Waals surface area (Å²) in [5, 5.41) is 4.44. The number of hydrogen-bond acceptors (Lipinski definition) is 2. The van der Waals surface area contributed by atoms with Gasteiger partial charge in [-0.05, 0) is 26.8 Å². The molecule has 2 rings (SSSR count). The summed E-state index contributed by atoms with van der Waals surface area (Å²) < 4.78 is 5.63. The lowest BCUT2D eigenvalue weighted by atomic mass is 10.1. The van der Waals surface area contributed by atoms with Crippen LogP contribution in [0.25, 0.3) is 11.0 Å². The van der Waals surface area contributed by atoms with Crippen LogP contribution in [0, 0.1) is 0 Å². The number of anilines is 1. The molecule has 1 N–H and O–H groups in total. The minimum Gasteiger partial charge on any atom is -0.441 e. The fourth-order valence-corrected chi connectivity index (χ4v) is 1.41. The Morgan fingerprint density at radius 2 is 1.86 bits per heavy atom. The molecule has 2 aromatic rings. The van der Waals surface area contributed by atoms with E-state index in [9.17, 15) is 0 Å². The molecule has 0 aliphatic heterocycles. The second-order valence-electron chi connectivity index (χ2n) is 4.52. The zero-order chi connectivity index (χ0) is 10.2. The molecule has 0 spiro atoms. The van der Waals surface area contributed by atoms with E-state index in [1.165, 1.54) is 0 Å². The highest BCUT2D eigenvalue weighted by Crippen LogP contribution is 2.24. The average Bonchev–Trinajstić information content (AvgIpc) is 2.42. The Balaban J connectivity index is 2.36. The molecule has 2 heteroatoms. The van der Waals surface area contributed by atoms with E-state index in [4.69, 9.17) is 4.42 Å². The van der Waals surface area contributed by atoms with E-state index in [0.717, 1.165) is 16.9 Å². The van der Waals surface area contributed by atoms with Crippen LogP contribution in [0.1, 0.15) is 20.8 Å². The number of fused-ring (bicyclic) bond motifs is 1. The van der Waals surface area contributed by atoms with Crippen LogP contribution in [0.3, 0.4) is 0 Å². The Hall–Kier alpha value is -1.44. The quantitative estimate of drug-likeness (QED) is 0.740. The molecule has 1 aromatic heterocycles. The first kappa shape index (κ1) is 9.13. The monoisotopic (exact) mass is 189 g/mol. The van der Waals surface area contributed by atoms with Crippen molar-refractivity contribution >= 4 is 16.9 Å². The number of nitrogens with one attached hydrogen (secondary N) is 1. The molecule has 0 saturated heterocycles. The van der Waals surface area contributed by atoms with Crippen molar-refractivity contribution in [3.8, 4) is 0 Å². The van der Waals surface area contributed by atoms with Crippen molar-refractivity contribution in [2.45, 2.75) is 26.3 Å². The lowest BCUT2D eigenvalue weighted by Crippen LogP contribution is -2.25. The molecule has 0 atom stereocenters.